The predicted octanol–water partition coefficient (Wildman–Crippen LogP) is 2.25. The molecule has 3 aromatic rings. The van der Waals surface area contributed by atoms with Crippen LogP contribution in [0.3, 0.4) is 0 Å². The maximum Gasteiger partial charge on any atom is 0.608 e. The molecule has 0 spiro atoms. The Morgan fingerprint density at radius 2 is 1.95 bits per heavy atom. The van der Waals surface area contributed by atoms with Crippen molar-refractivity contribution in [3.05, 3.63) is 70.3 Å². The molecule has 0 aliphatic carbocycles. The second-order valence-electron chi connectivity index (χ2n) is 4.49. The fourth-order valence-corrected chi connectivity index (χ4v) is 2.19. The summed E-state index contributed by atoms with van der Waals surface area (Å²) in [7, 11) is 0. The number of hydrogen-bond donors (Lipinski definition) is 0. The molecule has 0 aliphatic rings. The number of nitrogens with zero attached hydrogens (tertiary/aromatic N) is 2. The highest BCUT2D eigenvalue weighted by molar-refractivity contribution is 5.77. The molecule has 0 unspecified atom stereocenters. The first-order valence-electron chi connectivity index (χ1n) is 6.15. The zero-order valence-corrected chi connectivity index (χ0v) is 10.8. The van der Waals surface area contributed by atoms with Gasteiger partial charge in [-0.2, -0.15) is 10.1 Å². The van der Waals surface area contributed by atoms with Gasteiger partial charge in [-0.3, -0.25) is 0 Å². The SMILES string of the molecule is Cc1cccc2c[n+](-c3ccccc3C#N)c(=O)oc12. The molecule has 0 saturated carbocycles. The van der Waals surface area contributed by atoms with Crippen LogP contribution < -0.4 is 10.3 Å². The normalized spacial score (nSPS) is 10.4. The first kappa shape index (κ1) is 12.1. The third-order valence-electron chi connectivity index (χ3n) is 3.18. The van der Waals surface area contributed by atoms with Gasteiger partial charge in [-0.15, -0.1) is 0 Å². The summed E-state index contributed by atoms with van der Waals surface area (Å²) in [6.45, 7) is 1.89. The van der Waals surface area contributed by atoms with Crippen molar-refractivity contribution >= 4 is 11.0 Å². The highest BCUT2D eigenvalue weighted by atomic mass is 16.4. The van der Waals surface area contributed by atoms with Gasteiger partial charge >= 0.3 is 5.76 Å². The van der Waals surface area contributed by atoms with Crippen molar-refractivity contribution in [2.45, 2.75) is 6.92 Å². The van der Waals surface area contributed by atoms with Crippen LogP contribution in [0.5, 0.6) is 0 Å². The highest BCUT2D eigenvalue weighted by Gasteiger charge is 2.19. The highest BCUT2D eigenvalue weighted by Crippen LogP contribution is 2.15. The van der Waals surface area contributed by atoms with Gasteiger partial charge in [0.2, 0.25) is 5.69 Å². The zero-order chi connectivity index (χ0) is 14.1. The van der Waals surface area contributed by atoms with Crippen molar-refractivity contribution in [3.8, 4) is 11.8 Å². The summed E-state index contributed by atoms with van der Waals surface area (Å²) in [6.07, 6.45) is 1.70. The summed E-state index contributed by atoms with van der Waals surface area (Å²) in [6, 6.07) is 14.7. The minimum absolute atomic E-state index is 0.428. The Morgan fingerprint density at radius 1 is 1.15 bits per heavy atom. The van der Waals surface area contributed by atoms with Crippen LogP contribution in [-0.2, 0) is 0 Å². The van der Waals surface area contributed by atoms with Crippen LogP contribution in [-0.4, -0.2) is 0 Å². The Hall–Kier alpha value is -2.93. The van der Waals surface area contributed by atoms with E-state index < -0.39 is 5.76 Å². The lowest BCUT2D eigenvalue weighted by atomic mass is 10.1. The van der Waals surface area contributed by atoms with E-state index in [1.807, 2.05) is 25.1 Å². The molecule has 4 heteroatoms. The number of nitriles is 1. The standard InChI is InChI=1S/C16H11N2O2/c1-11-5-4-7-13-10-18(16(19)20-15(11)13)14-8-3-2-6-12(14)9-17/h2-8,10H,1H3/q+1. The summed E-state index contributed by atoms with van der Waals surface area (Å²) < 4.78 is 6.74. The van der Waals surface area contributed by atoms with E-state index in [1.165, 1.54) is 4.57 Å². The number of fused-ring (bicyclic) bond motifs is 1. The number of para-hydroxylation sites is 2. The molecule has 2 aromatic carbocycles. The van der Waals surface area contributed by atoms with E-state index in [4.69, 9.17) is 9.68 Å². The van der Waals surface area contributed by atoms with Gasteiger partial charge in [0.15, 0.2) is 11.8 Å². The molecule has 0 aliphatic heterocycles. The molecule has 0 atom stereocenters. The maximum atomic E-state index is 12.1. The van der Waals surface area contributed by atoms with E-state index in [-0.39, 0.29) is 0 Å². The number of benzene rings is 2. The summed E-state index contributed by atoms with van der Waals surface area (Å²) in [5.74, 6) is -0.505. The van der Waals surface area contributed by atoms with Crippen LogP contribution in [0.2, 0.25) is 0 Å². The molecule has 3 rings (SSSR count). The Bertz CT molecular complexity index is 904. The van der Waals surface area contributed by atoms with Crippen LogP contribution >= 0.6 is 0 Å². The minimum Gasteiger partial charge on any atom is -0.371 e. The summed E-state index contributed by atoms with van der Waals surface area (Å²) in [5, 5.41) is 9.95. The molecule has 0 amide bonds. The van der Waals surface area contributed by atoms with Gasteiger partial charge in [0.25, 0.3) is 0 Å². The Morgan fingerprint density at radius 3 is 2.75 bits per heavy atom. The maximum absolute atomic E-state index is 12.1. The number of aromatic nitrogens is 1. The molecule has 0 N–H and O–H groups in total. The number of aryl methyl sites for hydroxylation is 1. The molecular formula is C16H11N2O2+. The second-order valence-corrected chi connectivity index (χ2v) is 4.49. The van der Waals surface area contributed by atoms with Gasteiger partial charge in [0.05, 0.1) is 5.39 Å². The van der Waals surface area contributed by atoms with E-state index in [1.54, 1.807) is 30.5 Å². The van der Waals surface area contributed by atoms with Crippen molar-refractivity contribution < 1.29 is 8.98 Å². The summed E-state index contributed by atoms with van der Waals surface area (Å²) in [5.41, 5.74) is 2.42. The first-order valence-corrected chi connectivity index (χ1v) is 6.15. The van der Waals surface area contributed by atoms with Crippen molar-refractivity contribution in [3.63, 3.8) is 0 Å². The molecule has 96 valence electrons. The van der Waals surface area contributed by atoms with Crippen molar-refractivity contribution in [2.24, 2.45) is 0 Å². The third kappa shape index (κ3) is 1.86. The molecular weight excluding hydrogens is 252 g/mol. The van der Waals surface area contributed by atoms with E-state index in [9.17, 15) is 4.79 Å². The smallest absolute Gasteiger partial charge is 0.371 e. The van der Waals surface area contributed by atoms with Gasteiger partial charge < -0.3 is 4.42 Å². The van der Waals surface area contributed by atoms with E-state index >= 15 is 0 Å². The molecule has 0 fully saturated rings. The van der Waals surface area contributed by atoms with Crippen LogP contribution in [0.1, 0.15) is 11.1 Å². The Balaban J connectivity index is 2.36. The molecule has 20 heavy (non-hydrogen) atoms. The fraction of sp³-hybridized carbons (Fsp3) is 0.0625. The lowest BCUT2D eigenvalue weighted by molar-refractivity contribution is -0.623. The Labute approximate surface area is 115 Å². The molecule has 1 heterocycles. The third-order valence-corrected chi connectivity index (χ3v) is 3.18. The van der Waals surface area contributed by atoms with Crippen molar-refractivity contribution in [1.29, 1.82) is 5.26 Å². The van der Waals surface area contributed by atoms with Crippen LogP contribution in [0, 0.1) is 18.3 Å². The van der Waals surface area contributed by atoms with Gasteiger partial charge in [-0.25, -0.2) is 0 Å². The fourth-order valence-electron chi connectivity index (χ4n) is 2.19. The lowest BCUT2D eigenvalue weighted by Gasteiger charge is -2.00. The van der Waals surface area contributed by atoms with E-state index in [0.29, 0.717) is 16.8 Å². The molecule has 1 aromatic heterocycles. The molecule has 0 bridgehead atoms. The monoisotopic (exact) mass is 263 g/mol. The largest absolute Gasteiger partial charge is 0.608 e. The zero-order valence-electron chi connectivity index (χ0n) is 10.8. The molecule has 0 radical (unpaired) electrons. The summed E-state index contributed by atoms with van der Waals surface area (Å²) >= 11 is 0. The predicted molar refractivity (Wildman–Crippen MR) is 73.5 cm³/mol. The van der Waals surface area contributed by atoms with Crippen molar-refractivity contribution in [2.75, 3.05) is 0 Å². The Kier molecular flexibility index (Phi) is 2.81. The van der Waals surface area contributed by atoms with E-state index in [0.717, 1.165) is 10.9 Å². The van der Waals surface area contributed by atoms with Gasteiger partial charge in [-0.05, 0) is 24.6 Å². The quantitative estimate of drug-likeness (QED) is 0.633. The lowest BCUT2D eigenvalue weighted by Crippen LogP contribution is -2.47. The van der Waals surface area contributed by atoms with Gasteiger partial charge in [-0.1, -0.05) is 28.8 Å². The number of rotatable bonds is 1. The average Bonchev–Trinajstić information content (AvgIpc) is 2.48. The topological polar surface area (TPSA) is 57.9 Å². The summed E-state index contributed by atoms with van der Waals surface area (Å²) in [4.78, 5) is 12.1. The van der Waals surface area contributed by atoms with Crippen LogP contribution in [0.25, 0.3) is 16.7 Å². The van der Waals surface area contributed by atoms with E-state index in [2.05, 4.69) is 6.07 Å². The molecule has 4 nitrogen and oxygen atoms in total. The average molecular weight is 263 g/mol. The van der Waals surface area contributed by atoms with Crippen LogP contribution in [0.15, 0.2) is 57.9 Å². The molecule has 0 saturated heterocycles. The number of hydrogen-bond acceptors (Lipinski definition) is 3. The first-order chi connectivity index (χ1) is 9.70. The van der Waals surface area contributed by atoms with Crippen molar-refractivity contribution in [1.82, 2.24) is 0 Å². The second kappa shape index (κ2) is 4.63. The minimum atomic E-state index is -0.505. The van der Waals surface area contributed by atoms with Crippen LogP contribution in [0.4, 0.5) is 0 Å². The van der Waals surface area contributed by atoms with Gasteiger partial charge in [0, 0.05) is 6.07 Å². The van der Waals surface area contributed by atoms with Gasteiger partial charge in [0.1, 0.15) is 11.6 Å².